The minimum Gasteiger partial charge on any atom is -0.308 e. The van der Waals surface area contributed by atoms with Crippen LogP contribution in [0, 0.1) is 0 Å². The molecule has 0 fully saturated rings. The van der Waals surface area contributed by atoms with Gasteiger partial charge in [0.05, 0.1) is 20.8 Å². The maximum Gasteiger partial charge on any atom is 0.0640 e. The second-order valence-corrected chi connectivity index (χ2v) is 14.2. The molecule has 2 heterocycles. The summed E-state index contributed by atoms with van der Waals surface area (Å²) in [5, 5.41) is 10.3. The van der Waals surface area contributed by atoms with E-state index < -0.39 is 0 Å². The van der Waals surface area contributed by atoms with Gasteiger partial charge in [-0.05, 0) is 75.1 Å². The summed E-state index contributed by atoms with van der Waals surface area (Å²) in [6.45, 7) is 0. The standard InChI is InChI=1S/C44H27NS2/c1-2-12-31-27-42-38(26-30(31)11-1)37-18-9-20-40(44(37)47-42)45(39-19-8-17-36-35-15-5-6-21-41(35)46-43(36)39)32-24-22-29(23-25-32)34-16-7-13-28-10-3-4-14-33(28)34/h1-27H. The summed E-state index contributed by atoms with van der Waals surface area (Å²) in [5.74, 6) is 0. The molecule has 220 valence electrons. The van der Waals surface area contributed by atoms with Gasteiger partial charge in [-0.1, -0.05) is 121 Å². The molecule has 10 aromatic rings. The van der Waals surface area contributed by atoms with E-state index in [0.717, 1.165) is 5.69 Å². The van der Waals surface area contributed by atoms with Gasteiger partial charge < -0.3 is 4.90 Å². The fourth-order valence-corrected chi connectivity index (χ4v) is 9.67. The molecule has 0 unspecified atom stereocenters. The van der Waals surface area contributed by atoms with Crippen LogP contribution < -0.4 is 4.90 Å². The van der Waals surface area contributed by atoms with Crippen molar-refractivity contribution in [1.29, 1.82) is 0 Å². The first-order valence-electron chi connectivity index (χ1n) is 15.9. The fraction of sp³-hybridized carbons (Fsp3) is 0. The fourth-order valence-electron chi connectivity index (χ4n) is 7.23. The second kappa shape index (κ2) is 10.5. The van der Waals surface area contributed by atoms with Crippen LogP contribution in [0.25, 0.3) is 73.0 Å². The Labute approximate surface area is 280 Å². The van der Waals surface area contributed by atoms with Gasteiger partial charge in [-0.2, -0.15) is 0 Å². The molecule has 47 heavy (non-hydrogen) atoms. The SMILES string of the molecule is c1ccc2cc3c(cc2c1)sc1c(N(c2ccc(-c4cccc5ccccc45)cc2)c2cccc4c2sc2ccccc24)cccc13. The van der Waals surface area contributed by atoms with Crippen molar-refractivity contribution in [2.45, 2.75) is 0 Å². The molecule has 0 amide bonds. The molecule has 0 radical (unpaired) electrons. The minimum atomic E-state index is 1.15. The Morgan fingerprint density at radius 3 is 1.68 bits per heavy atom. The normalized spacial score (nSPS) is 11.8. The van der Waals surface area contributed by atoms with Crippen molar-refractivity contribution >= 4 is 102 Å². The zero-order valence-corrected chi connectivity index (χ0v) is 27.0. The first kappa shape index (κ1) is 26.7. The third-order valence-corrected chi connectivity index (χ3v) is 11.8. The Morgan fingerprint density at radius 1 is 0.362 bits per heavy atom. The summed E-state index contributed by atoms with van der Waals surface area (Å²) in [7, 11) is 0. The van der Waals surface area contributed by atoms with Crippen LogP contribution in [0.5, 0.6) is 0 Å². The highest BCUT2D eigenvalue weighted by molar-refractivity contribution is 7.27. The summed E-state index contributed by atoms with van der Waals surface area (Å²) >= 11 is 3.78. The zero-order chi connectivity index (χ0) is 30.9. The van der Waals surface area contributed by atoms with Crippen LogP contribution in [0.1, 0.15) is 0 Å². The van der Waals surface area contributed by atoms with Crippen molar-refractivity contribution in [3.63, 3.8) is 0 Å². The monoisotopic (exact) mass is 633 g/mol. The van der Waals surface area contributed by atoms with E-state index in [0.29, 0.717) is 0 Å². The van der Waals surface area contributed by atoms with E-state index in [1.54, 1.807) is 0 Å². The maximum atomic E-state index is 2.49. The summed E-state index contributed by atoms with van der Waals surface area (Å²) < 4.78 is 5.23. The van der Waals surface area contributed by atoms with Crippen molar-refractivity contribution in [2.75, 3.05) is 4.90 Å². The Balaban J connectivity index is 1.23. The van der Waals surface area contributed by atoms with E-state index in [1.807, 2.05) is 22.7 Å². The van der Waals surface area contributed by atoms with Crippen molar-refractivity contribution < 1.29 is 0 Å². The summed E-state index contributed by atoms with van der Waals surface area (Å²) in [4.78, 5) is 2.49. The number of thiophene rings is 2. The molecular weight excluding hydrogens is 607 g/mol. The smallest absolute Gasteiger partial charge is 0.0640 e. The first-order chi connectivity index (χ1) is 23.3. The van der Waals surface area contributed by atoms with Crippen LogP contribution in [0.15, 0.2) is 164 Å². The van der Waals surface area contributed by atoms with Gasteiger partial charge in [-0.3, -0.25) is 0 Å². The molecule has 0 atom stereocenters. The number of benzene rings is 8. The van der Waals surface area contributed by atoms with Crippen LogP contribution in [0.4, 0.5) is 17.1 Å². The Morgan fingerprint density at radius 2 is 0.915 bits per heavy atom. The third-order valence-electron chi connectivity index (χ3n) is 9.44. The lowest BCUT2D eigenvalue weighted by molar-refractivity contribution is 1.32. The molecule has 0 bridgehead atoms. The second-order valence-electron chi connectivity index (χ2n) is 12.1. The topological polar surface area (TPSA) is 3.24 Å². The van der Waals surface area contributed by atoms with E-state index in [9.17, 15) is 0 Å². The quantitative estimate of drug-likeness (QED) is 0.186. The third kappa shape index (κ3) is 4.21. The van der Waals surface area contributed by atoms with Crippen LogP contribution >= 0.6 is 22.7 Å². The van der Waals surface area contributed by atoms with Gasteiger partial charge in [0.15, 0.2) is 0 Å². The average molecular weight is 634 g/mol. The Bertz CT molecular complexity index is 2800. The molecule has 1 nitrogen and oxygen atoms in total. The maximum absolute atomic E-state index is 2.49. The molecule has 0 aliphatic heterocycles. The largest absolute Gasteiger partial charge is 0.308 e. The first-order valence-corrected chi connectivity index (χ1v) is 17.6. The van der Waals surface area contributed by atoms with E-state index in [-0.39, 0.29) is 0 Å². The number of nitrogens with zero attached hydrogens (tertiary/aromatic N) is 1. The van der Waals surface area contributed by atoms with E-state index in [4.69, 9.17) is 0 Å². The van der Waals surface area contributed by atoms with Crippen LogP contribution in [-0.4, -0.2) is 0 Å². The van der Waals surface area contributed by atoms with Gasteiger partial charge in [0.25, 0.3) is 0 Å². The minimum absolute atomic E-state index is 1.15. The summed E-state index contributed by atoms with van der Waals surface area (Å²) in [6.07, 6.45) is 0. The number of hydrogen-bond donors (Lipinski definition) is 0. The summed E-state index contributed by atoms with van der Waals surface area (Å²) in [6, 6.07) is 60.1. The lowest BCUT2D eigenvalue weighted by Gasteiger charge is -2.27. The highest BCUT2D eigenvalue weighted by Crippen LogP contribution is 2.49. The number of hydrogen-bond acceptors (Lipinski definition) is 3. The predicted molar refractivity (Wildman–Crippen MR) is 207 cm³/mol. The molecule has 0 N–H and O–H groups in total. The van der Waals surface area contributed by atoms with E-state index in [2.05, 4.69) is 169 Å². The van der Waals surface area contributed by atoms with E-state index in [1.165, 1.54) is 84.4 Å². The van der Waals surface area contributed by atoms with Crippen molar-refractivity contribution in [3.05, 3.63) is 164 Å². The summed E-state index contributed by atoms with van der Waals surface area (Å²) in [5.41, 5.74) is 6.03. The van der Waals surface area contributed by atoms with Gasteiger partial charge in [0, 0.05) is 36.6 Å². The number of anilines is 3. The molecule has 0 aliphatic rings. The highest BCUT2D eigenvalue weighted by Gasteiger charge is 2.21. The van der Waals surface area contributed by atoms with Gasteiger partial charge in [0.1, 0.15) is 0 Å². The Kier molecular flexibility index (Phi) is 5.98. The lowest BCUT2D eigenvalue weighted by atomic mass is 9.98. The molecule has 0 saturated heterocycles. The molecule has 10 rings (SSSR count). The highest BCUT2D eigenvalue weighted by atomic mass is 32.1. The van der Waals surface area contributed by atoms with Gasteiger partial charge in [-0.25, -0.2) is 0 Å². The van der Waals surface area contributed by atoms with Crippen LogP contribution in [-0.2, 0) is 0 Å². The average Bonchev–Trinajstić information content (AvgIpc) is 3.70. The number of rotatable bonds is 4. The molecule has 0 spiro atoms. The number of fused-ring (bicyclic) bond motifs is 8. The van der Waals surface area contributed by atoms with Gasteiger partial charge in [0.2, 0.25) is 0 Å². The molecular formula is C44H27NS2. The van der Waals surface area contributed by atoms with Gasteiger partial charge >= 0.3 is 0 Å². The van der Waals surface area contributed by atoms with E-state index >= 15 is 0 Å². The van der Waals surface area contributed by atoms with Crippen LogP contribution in [0.2, 0.25) is 0 Å². The molecule has 8 aromatic carbocycles. The molecule has 3 heteroatoms. The van der Waals surface area contributed by atoms with Gasteiger partial charge in [-0.15, -0.1) is 22.7 Å². The zero-order valence-electron chi connectivity index (χ0n) is 25.4. The predicted octanol–water partition coefficient (Wildman–Crippen LogP) is 13.9. The van der Waals surface area contributed by atoms with Crippen molar-refractivity contribution in [2.24, 2.45) is 0 Å². The molecule has 0 aliphatic carbocycles. The van der Waals surface area contributed by atoms with Crippen LogP contribution in [0.3, 0.4) is 0 Å². The molecule has 2 aromatic heterocycles. The Hall–Kier alpha value is -5.48. The molecule has 0 saturated carbocycles. The van der Waals surface area contributed by atoms with Crippen molar-refractivity contribution in [1.82, 2.24) is 0 Å². The lowest BCUT2D eigenvalue weighted by Crippen LogP contribution is -2.10. The van der Waals surface area contributed by atoms with Crippen molar-refractivity contribution in [3.8, 4) is 11.1 Å².